The van der Waals surface area contributed by atoms with Crippen LogP contribution in [0.3, 0.4) is 0 Å². The Morgan fingerprint density at radius 3 is 2.63 bits per heavy atom. The highest BCUT2D eigenvalue weighted by molar-refractivity contribution is 5.43. The first kappa shape index (κ1) is 13.4. The van der Waals surface area contributed by atoms with Crippen LogP contribution in [-0.2, 0) is 13.2 Å². The number of nitrogens with zero attached hydrogens (tertiary/aromatic N) is 1. The number of ether oxygens (including phenoxy) is 2. The van der Waals surface area contributed by atoms with E-state index in [2.05, 4.69) is 5.16 Å². The van der Waals surface area contributed by atoms with Crippen LogP contribution in [0.15, 0.2) is 22.7 Å². The van der Waals surface area contributed by atoms with Crippen molar-refractivity contribution in [2.75, 3.05) is 7.11 Å². The highest BCUT2D eigenvalue weighted by atomic mass is 16.5. The Hall–Kier alpha value is -2.01. The number of methoxy groups -OCH3 is 1. The van der Waals surface area contributed by atoms with Crippen molar-refractivity contribution in [3.63, 3.8) is 0 Å². The molecule has 0 aliphatic carbocycles. The summed E-state index contributed by atoms with van der Waals surface area (Å²) in [4.78, 5) is 0. The fourth-order valence-electron chi connectivity index (χ4n) is 1.82. The van der Waals surface area contributed by atoms with Crippen molar-refractivity contribution in [1.29, 1.82) is 0 Å². The van der Waals surface area contributed by atoms with E-state index in [-0.39, 0.29) is 0 Å². The van der Waals surface area contributed by atoms with Crippen LogP contribution in [0.4, 0.5) is 0 Å². The lowest BCUT2D eigenvalue weighted by atomic mass is 10.2. The minimum Gasteiger partial charge on any atom is -0.493 e. The van der Waals surface area contributed by atoms with Gasteiger partial charge in [0.25, 0.3) is 0 Å². The monoisotopic (exact) mass is 262 g/mol. The molecule has 2 rings (SSSR count). The Labute approximate surface area is 112 Å². The summed E-state index contributed by atoms with van der Waals surface area (Å²) in [6, 6.07) is 5.66. The lowest BCUT2D eigenvalue weighted by Crippen LogP contribution is -2.01. The Morgan fingerprint density at radius 1 is 1.26 bits per heavy atom. The SMILES string of the molecule is COc1cc(CN)ccc1OCc1c(C)noc1C. The number of hydrogen-bond acceptors (Lipinski definition) is 5. The summed E-state index contributed by atoms with van der Waals surface area (Å²) in [5.74, 6) is 2.13. The van der Waals surface area contributed by atoms with Crippen LogP contribution < -0.4 is 15.2 Å². The predicted molar refractivity (Wildman–Crippen MR) is 71.2 cm³/mol. The second kappa shape index (κ2) is 5.75. The van der Waals surface area contributed by atoms with E-state index in [4.69, 9.17) is 19.7 Å². The van der Waals surface area contributed by atoms with Gasteiger partial charge >= 0.3 is 0 Å². The molecule has 2 aromatic rings. The van der Waals surface area contributed by atoms with Gasteiger partial charge in [0.1, 0.15) is 12.4 Å². The van der Waals surface area contributed by atoms with Gasteiger partial charge in [-0.05, 0) is 31.5 Å². The molecule has 0 saturated carbocycles. The normalized spacial score (nSPS) is 10.5. The quantitative estimate of drug-likeness (QED) is 0.895. The number of nitrogens with two attached hydrogens (primary N) is 1. The summed E-state index contributed by atoms with van der Waals surface area (Å²) in [5.41, 5.74) is 8.40. The average Bonchev–Trinajstić information content (AvgIpc) is 2.75. The number of aryl methyl sites for hydroxylation is 2. The van der Waals surface area contributed by atoms with Crippen molar-refractivity contribution in [2.24, 2.45) is 5.73 Å². The van der Waals surface area contributed by atoms with Gasteiger partial charge in [-0.1, -0.05) is 11.2 Å². The molecule has 1 heterocycles. The Balaban J connectivity index is 2.15. The second-order valence-corrected chi connectivity index (χ2v) is 4.28. The average molecular weight is 262 g/mol. The third kappa shape index (κ3) is 2.88. The van der Waals surface area contributed by atoms with Gasteiger partial charge in [-0.25, -0.2) is 0 Å². The minimum absolute atomic E-state index is 0.402. The molecule has 0 radical (unpaired) electrons. The summed E-state index contributed by atoms with van der Waals surface area (Å²) >= 11 is 0. The second-order valence-electron chi connectivity index (χ2n) is 4.28. The molecule has 0 aliphatic rings. The first-order valence-electron chi connectivity index (χ1n) is 6.07. The molecule has 102 valence electrons. The van der Waals surface area contributed by atoms with Crippen molar-refractivity contribution in [3.05, 3.63) is 40.8 Å². The Bertz CT molecular complexity index is 544. The zero-order valence-corrected chi connectivity index (χ0v) is 11.4. The van der Waals surface area contributed by atoms with Crippen LogP contribution in [0.1, 0.15) is 22.6 Å². The van der Waals surface area contributed by atoms with E-state index in [1.807, 2.05) is 32.0 Å². The lowest BCUT2D eigenvalue weighted by Gasteiger charge is -2.11. The zero-order valence-electron chi connectivity index (χ0n) is 11.4. The van der Waals surface area contributed by atoms with Crippen molar-refractivity contribution in [2.45, 2.75) is 27.0 Å². The summed E-state index contributed by atoms with van der Waals surface area (Å²) in [6.07, 6.45) is 0. The zero-order chi connectivity index (χ0) is 13.8. The van der Waals surface area contributed by atoms with Gasteiger partial charge in [0.15, 0.2) is 11.5 Å². The summed E-state index contributed by atoms with van der Waals surface area (Å²) in [5, 5.41) is 3.90. The maximum atomic E-state index is 5.77. The van der Waals surface area contributed by atoms with E-state index >= 15 is 0 Å². The number of benzene rings is 1. The molecule has 5 nitrogen and oxygen atoms in total. The fourth-order valence-corrected chi connectivity index (χ4v) is 1.82. The van der Waals surface area contributed by atoms with Crippen LogP contribution in [0.2, 0.25) is 0 Å². The van der Waals surface area contributed by atoms with E-state index in [0.717, 1.165) is 22.6 Å². The van der Waals surface area contributed by atoms with Gasteiger partial charge in [-0.2, -0.15) is 0 Å². The molecule has 0 bridgehead atoms. The van der Waals surface area contributed by atoms with E-state index in [1.165, 1.54) is 0 Å². The molecule has 0 spiro atoms. The van der Waals surface area contributed by atoms with Gasteiger partial charge in [0.2, 0.25) is 0 Å². The molecule has 5 heteroatoms. The fraction of sp³-hybridized carbons (Fsp3) is 0.357. The van der Waals surface area contributed by atoms with Crippen molar-refractivity contribution >= 4 is 0 Å². The number of hydrogen-bond donors (Lipinski definition) is 1. The molecule has 0 fully saturated rings. The van der Waals surface area contributed by atoms with Gasteiger partial charge in [0, 0.05) is 6.54 Å². The summed E-state index contributed by atoms with van der Waals surface area (Å²) in [7, 11) is 1.61. The third-order valence-corrected chi connectivity index (χ3v) is 3.02. The first-order valence-corrected chi connectivity index (χ1v) is 6.07. The maximum Gasteiger partial charge on any atom is 0.161 e. The van der Waals surface area contributed by atoms with Crippen molar-refractivity contribution in [3.8, 4) is 11.5 Å². The van der Waals surface area contributed by atoms with Crippen LogP contribution >= 0.6 is 0 Å². The third-order valence-electron chi connectivity index (χ3n) is 3.02. The van der Waals surface area contributed by atoms with Gasteiger partial charge < -0.3 is 19.7 Å². The summed E-state index contributed by atoms with van der Waals surface area (Å²) < 4.78 is 16.2. The smallest absolute Gasteiger partial charge is 0.161 e. The van der Waals surface area contributed by atoms with E-state index in [0.29, 0.717) is 24.7 Å². The molecule has 1 aromatic carbocycles. The largest absolute Gasteiger partial charge is 0.493 e. The van der Waals surface area contributed by atoms with Gasteiger partial charge in [0.05, 0.1) is 18.4 Å². The van der Waals surface area contributed by atoms with Crippen molar-refractivity contribution in [1.82, 2.24) is 5.16 Å². The van der Waals surface area contributed by atoms with E-state index < -0.39 is 0 Å². The Kier molecular flexibility index (Phi) is 4.06. The molecule has 0 unspecified atom stereocenters. The van der Waals surface area contributed by atoms with Crippen LogP contribution in [0.5, 0.6) is 11.5 Å². The molecule has 2 N–H and O–H groups in total. The van der Waals surface area contributed by atoms with Crippen LogP contribution in [0.25, 0.3) is 0 Å². The van der Waals surface area contributed by atoms with Gasteiger partial charge in [-0.3, -0.25) is 0 Å². The standard InChI is InChI=1S/C14H18N2O3/c1-9-12(10(2)19-16-9)8-18-13-5-4-11(7-15)6-14(13)17-3/h4-6H,7-8,15H2,1-3H3. The number of aromatic nitrogens is 1. The van der Waals surface area contributed by atoms with E-state index in [9.17, 15) is 0 Å². The maximum absolute atomic E-state index is 5.77. The highest BCUT2D eigenvalue weighted by Gasteiger charge is 2.11. The molecule has 1 aromatic heterocycles. The molecule has 0 amide bonds. The molecule has 0 saturated heterocycles. The highest BCUT2D eigenvalue weighted by Crippen LogP contribution is 2.29. The summed E-state index contributed by atoms with van der Waals surface area (Å²) in [6.45, 7) is 4.64. The molecule has 0 aliphatic heterocycles. The molecule has 19 heavy (non-hydrogen) atoms. The first-order chi connectivity index (χ1) is 9.15. The minimum atomic E-state index is 0.402. The topological polar surface area (TPSA) is 70.5 Å². The van der Waals surface area contributed by atoms with Crippen LogP contribution in [0, 0.1) is 13.8 Å². The van der Waals surface area contributed by atoms with Gasteiger partial charge in [-0.15, -0.1) is 0 Å². The predicted octanol–water partition coefficient (Wildman–Crippen LogP) is 2.34. The number of rotatable bonds is 5. The van der Waals surface area contributed by atoms with Crippen LogP contribution in [-0.4, -0.2) is 12.3 Å². The van der Waals surface area contributed by atoms with E-state index in [1.54, 1.807) is 7.11 Å². The Morgan fingerprint density at radius 2 is 2.05 bits per heavy atom. The lowest BCUT2D eigenvalue weighted by molar-refractivity contribution is 0.281. The molecular formula is C14H18N2O3. The van der Waals surface area contributed by atoms with Crippen molar-refractivity contribution < 1.29 is 14.0 Å². The molecule has 0 atom stereocenters. The molecular weight excluding hydrogens is 244 g/mol.